The van der Waals surface area contributed by atoms with Crippen molar-refractivity contribution in [2.24, 2.45) is 5.41 Å². The van der Waals surface area contributed by atoms with E-state index in [-0.39, 0.29) is 5.91 Å². The van der Waals surface area contributed by atoms with Gasteiger partial charge in [0.25, 0.3) is 0 Å². The number of halogens is 2. The maximum absolute atomic E-state index is 12.4. The summed E-state index contributed by atoms with van der Waals surface area (Å²) >= 11 is 6.78. The molecule has 0 spiro atoms. The number of benzene rings is 1. The summed E-state index contributed by atoms with van der Waals surface area (Å²) in [5.41, 5.74) is -0.167. The highest BCUT2D eigenvalue weighted by Gasteiger charge is 2.39. The van der Waals surface area contributed by atoms with Crippen molar-refractivity contribution >= 4 is 43.5 Å². The van der Waals surface area contributed by atoms with Crippen molar-refractivity contribution in [1.82, 2.24) is 0 Å². The van der Waals surface area contributed by atoms with Crippen LogP contribution in [0.15, 0.2) is 27.1 Å². The predicted octanol–water partition coefficient (Wildman–Crippen LogP) is 4.62. The molecule has 0 unspecified atom stereocenters. The highest BCUT2D eigenvalue weighted by atomic mass is 79.9. The molecule has 0 heterocycles. The van der Waals surface area contributed by atoms with Crippen molar-refractivity contribution in [2.75, 3.05) is 5.32 Å². The van der Waals surface area contributed by atoms with Crippen LogP contribution >= 0.6 is 31.9 Å². The molecule has 1 N–H and O–H groups in total. The molecule has 1 saturated carbocycles. The van der Waals surface area contributed by atoms with Crippen molar-refractivity contribution < 1.29 is 4.79 Å². The standard InChI is InChI=1S/C14H14Br2N2O/c15-10-4-5-11(16)12(8-10)18-13(19)14(9-17)6-2-1-3-7-14/h4-5,8H,1-3,6-7H2,(H,18,19). The van der Waals surface area contributed by atoms with E-state index < -0.39 is 5.41 Å². The van der Waals surface area contributed by atoms with Gasteiger partial charge in [0, 0.05) is 8.95 Å². The number of nitrogens with zero attached hydrogens (tertiary/aromatic N) is 1. The second kappa shape index (κ2) is 6.06. The van der Waals surface area contributed by atoms with Gasteiger partial charge in [0.15, 0.2) is 0 Å². The summed E-state index contributed by atoms with van der Waals surface area (Å²) in [6.07, 6.45) is 4.31. The van der Waals surface area contributed by atoms with E-state index in [1.54, 1.807) is 0 Å². The first-order valence-corrected chi connectivity index (χ1v) is 7.84. The highest BCUT2D eigenvalue weighted by Crippen LogP contribution is 2.37. The van der Waals surface area contributed by atoms with Crippen molar-refractivity contribution in [1.29, 1.82) is 5.26 Å². The summed E-state index contributed by atoms with van der Waals surface area (Å²) in [7, 11) is 0. The second-order valence-corrected chi connectivity index (χ2v) is 6.60. The summed E-state index contributed by atoms with van der Waals surface area (Å²) in [4.78, 5) is 12.4. The molecule has 100 valence electrons. The quantitative estimate of drug-likeness (QED) is 0.807. The topological polar surface area (TPSA) is 52.9 Å². The van der Waals surface area contributed by atoms with E-state index >= 15 is 0 Å². The molecule has 1 aromatic rings. The van der Waals surface area contributed by atoms with Crippen LogP contribution in [0.1, 0.15) is 32.1 Å². The number of amides is 1. The Kier molecular flexibility index (Phi) is 4.64. The van der Waals surface area contributed by atoms with Crippen molar-refractivity contribution in [3.63, 3.8) is 0 Å². The lowest BCUT2D eigenvalue weighted by molar-refractivity contribution is -0.124. The molecule has 0 radical (unpaired) electrons. The Hall–Kier alpha value is -0.860. The molecule has 0 aliphatic heterocycles. The van der Waals surface area contributed by atoms with Crippen LogP contribution in [0.3, 0.4) is 0 Å². The molecule has 3 nitrogen and oxygen atoms in total. The third-order valence-electron chi connectivity index (χ3n) is 3.53. The van der Waals surface area contributed by atoms with Crippen LogP contribution in [-0.4, -0.2) is 5.91 Å². The number of carbonyl (C=O) groups is 1. The molecular formula is C14H14Br2N2O. The van der Waals surface area contributed by atoms with Crippen molar-refractivity contribution in [3.05, 3.63) is 27.1 Å². The maximum atomic E-state index is 12.4. The fourth-order valence-electron chi connectivity index (χ4n) is 2.38. The van der Waals surface area contributed by atoms with E-state index in [0.717, 1.165) is 28.2 Å². The average molecular weight is 386 g/mol. The minimum atomic E-state index is -0.861. The molecule has 0 bridgehead atoms. The minimum Gasteiger partial charge on any atom is -0.324 e. The molecule has 0 saturated heterocycles. The minimum absolute atomic E-state index is 0.187. The molecule has 1 amide bonds. The lowest BCUT2D eigenvalue weighted by Crippen LogP contribution is -2.36. The number of rotatable bonds is 2. The molecule has 19 heavy (non-hydrogen) atoms. The van der Waals surface area contributed by atoms with Gasteiger partial charge in [-0.15, -0.1) is 0 Å². The van der Waals surface area contributed by atoms with Gasteiger partial charge in [-0.25, -0.2) is 0 Å². The molecule has 1 fully saturated rings. The van der Waals surface area contributed by atoms with Crippen LogP contribution in [0.5, 0.6) is 0 Å². The van der Waals surface area contributed by atoms with Gasteiger partial charge in [0.2, 0.25) is 5.91 Å². The zero-order valence-electron chi connectivity index (χ0n) is 10.4. The molecular weight excluding hydrogens is 372 g/mol. The Bertz CT molecular complexity index is 531. The molecule has 0 atom stereocenters. The third-order valence-corrected chi connectivity index (χ3v) is 4.72. The fourth-order valence-corrected chi connectivity index (χ4v) is 3.09. The molecule has 0 aromatic heterocycles. The molecule has 2 rings (SSSR count). The van der Waals surface area contributed by atoms with Gasteiger partial charge in [-0.3, -0.25) is 4.79 Å². The summed E-state index contributed by atoms with van der Waals surface area (Å²) in [5, 5.41) is 12.3. The molecule has 1 aromatic carbocycles. The summed E-state index contributed by atoms with van der Waals surface area (Å²) in [6, 6.07) is 7.81. The van der Waals surface area contributed by atoms with E-state index in [9.17, 15) is 10.1 Å². The molecule has 5 heteroatoms. The Morgan fingerprint density at radius 3 is 2.58 bits per heavy atom. The highest BCUT2D eigenvalue weighted by molar-refractivity contribution is 9.11. The number of hydrogen-bond acceptors (Lipinski definition) is 2. The zero-order valence-corrected chi connectivity index (χ0v) is 13.6. The average Bonchev–Trinajstić information content (AvgIpc) is 2.43. The SMILES string of the molecule is N#CC1(C(=O)Nc2cc(Br)ccc2Br)CCCCC1. The number of nitrogens with one attached hydrogen (secondary N) is 1. The van der Waals surface area contributed by atoms with Crippen molar-refractivity contribution in [3.8, 4) is 6.07 Å². The zero-order chi connectivity index (χ0) is 13.9. The number of hydrogen-bond donors (Lipinski definition) is 1. The first-order chi connectivity index (χ1) is 9.07. The monoisotopic (exact) mass is 384 g/mol. The van der Waals surface area contributed by atoms with Crippen LogP contribution in [0.4, 0.5) is 5.69 Å². The molecule has 1 aliphatic rings. The number of nitriles is 1. The Morgan fingerprint density at radius 1 is 1.26 bits per heavy atom. The summed E-state index contributed by atoms with van der Waals surface area (Å²) in [6.45, 7) is 0. The van der Waals surface area contributed by atoms with E-state index in [1.165, 1.54) is 0 Å². The summed E-state index contributed by atoms with van der Waals surface area (Å²) < 4.78 is 1.70. The number of anilines is 1. The lowest BCUT2D eigenvalue weighted by atomic mass is 9.74. The van der Waals surface area contributed by atoms with Crippen LogP contribution in [-0.2, 0) is 4.79 Å². The first kappa shape index (κ1) is 14.5. The van der Waals surface area contributed by atoms with E-state index in [4.69, 9.17) is 0 Å². The maximum Gasteiger partial charge on any atom is 0.244 e. The van der Waals surface area contributed by atoms with E-state index in [0.29, 0.717) is 18.5 Å². The predicted molar refractivity (Wildman–Crippen MR) is 81.6 cm³/mol. The van der Waals surface area contributed by atoms with Crippen LogP contribution in [0.25, 0.3) is 0 Å². The van der Waals surface area contributed by atoms with Gasteiger partial charge in [0.05, 0.1) is 11.8 Å². The van der Waals surface area contributed by atoms with Crippen molar-refractivity contribution in [2.45, 2.75) is 32.1 Å². The molecule has 1 aliphatic carbocycles. The van der Waals surface area contributed by atoms with Crippen LogP contribution < -0.4 is 5.32 Å². The first-order valence-electron chi connectivity index (χ1n) is 6.25. The third kappa shape index (κ3) is 3.18. The Morgan fingerprint density at radius 2 is 1.95 bits per heavy atom. The smallest absolute Gasteiger partial charge is 0.244 e. The van der Waals surface area contributed by atoms with Gasteiger partial charge in [-0.2, -0.15) is 5.26 Å². The van der Waals surface area contributed by atoms with Gasteiger partial charge >= 0.3 is 0 Å². The van der Waals surface area contributed by atoms with Gasteiger partial charge in [-0.05, 0) is 47.0 Å². The van der Waals surface area contributed by atoms with Gasteiger partial charge in [0.1, 0.15) is 5.41 Å². The largest absolute Gasteiger partial charge is 0.324 e. The van der Waals surface area contributed by atoms with E-state index in [2.05, 4.69) is 43.2 Å². The van der Waals surface area contributed by atoms with Crippen LogP contribution in [0.2, 0.25) is 0 Å². The number of carbonyl (C=O) groups excluding carboxylic acids is 1. The van der Waals surface area contributed by atoms with Gasteiger partial charge in [-0.1, -0.05) is 35.2 Å². The Balaban J connectivity index is 2.20. The van der Waals surface area contributed by atoms with Gasteiger partial charge < -0.3 is 5.32 Å². The van der Waals surface area contributed by atoms with Crippen LogP contribution in [0, 0.1) is 16.7 Å². The second-order valence-electron chi connectivity index (χ2n) is 4.83. The lowest BCUT2D eigenvalue weighted by Gasteiger charge is -2.29. The Labute approximate surface area is 129 Å². The summed E-state index contributed by atoms with van der Waals surface area (Å²) in [5.74, 6) is -0.187. The van der Waals surface area contributed by atoms with E-state index in [1.807, 2.05) is 18.2 Å². The fraction of sp³-hybridized carbons (Fsp3) is 0.429. The normalized spacial score (nSPS) is 17.5.